The number of benzene rings is 3. The summed E-state index contributed by atoms with van der Waals surface area (Å²) < 4.78 is 8.08. The van der Waals surface area contributed by atoms with E-state index in [1.165, 1.54) is 17.0 Å². The van der Waals surface area contributed by atoms with Crippen molar-refractivity contribution in [2.75, 3.05) is 6.61 Å². The van der Waals surface area contributed by atoms with Crippen molar-refractivity contribution in [1.82, 2.24) is 4.57 Å². The maximum Gasteiger partial charge on any atom is 0.344 e. The zero-order valence-corrected chi connectivity index (χ0v) is 16.9. The predicted molar refractivity (Wildman–Crippen MR) is 122 cm³/mol. The number of rotatable bonds is 9. The van der Waals surface area contributed by atoms with Crippen LogP contribution in [0, 0.1) is 0 Å². The maximum atomic E-state index is 10.6. The Labute approximate surface area is 179 Å². The fourth-order valence-corrected chi connectivity index (χ4v) is 3.47. The number of hydrogen-bond donors (Lipinski definition) is 1. The molecule has 0 amide bonds. The fourth-order valence-electron chi connectivity index (χ4n) is 3.47. The second-order valence-electron chi connectivity index (χ2n) is 7.08. The molecule has 6 heteroatoms. The molecule has 6 nitrogen and oxygen atoms in total. The topological polar surface area (TPSA) is 73.1 Å². The highest BCUT2D eigenvalue weighted by Gasteiger charge is 2.09. The standard InChI is InChI=1S/C25H22N2O4/c1-2-11-27-15-21(14-26-31-17-25(28)29)23-13-22(9-10-24(23)27)30-16-18-7-8-19-5-3-4-6-20(19)12-18/h2-10,12-15H,1,11,16-17H2,(H,28,29). The van der Waals surface area contributed by atoms with Gasteiger partial charge in [-0.05, 0) is 40.6 Å². The monoisotopic (exact) mass is 414 g/mol. The number of nitrogens with zero attached hydrogens (tertiary/aromatic N) is 2. The van der Waals surface area contributed by atoms with Crippen molar-refractivity contribution in [2.24, 2.45) is 5.16 Å². The Morgan fingerprint density at radius 1 is 1.10 bits per heavy atom. The van der Waals surface area contributed by atoms with Gasteiger partial charge in [0.05, 0.1) is 6.21 Å². The predicted octanol–water partition coefficient (Wildman–Crippen LogP) is 4.99. The minimum Gasteiger partial charge on any atom is -0.489 e. The van der Waals surface area contributed by atoms with Crippen molar-refractivity contribution >= 4 is 33.9 Å². The Balaban J connectivity index is 1.56. The third-order valence-electron chi connectivity index (χ3n) is 4.88. The van der Waals surface area contributed by atoms with Crippen molar-refractivity contribution in [3.05, 3.63) is 90.6 Å². The first kappa shape index (κ1) is 20.2. The molecule has 1 aromatic heterocycles. The molecule has 1 N–H and O–H groups in total. The van der Waals surface area contributed by atoms with E-state index in [0.717, 1.165) is 27.8 Å². The lowest BCUT2D eigenvalue weighted by molar-refractivity contribution is -0.142. The summed E-state index contributed by atoms with van der Waals surface area (Å²) in [5, 5.41) is 15.8. The van der Waals surface area contributed by atoms with Gasteiger partial charge in [0.15, 0.2) is 0 Å². The zero-order chi connectivity index (χ0) is 21.6. The number of aromatic nitrogens is 1. The molecule has 156 valence electrons. The van der Waals surface area contributed by atoms with E-state index in [2.05, 4.69) is 42.1 Å². The van der Waals surface area contributed by atoms with Crippen LogP contribution in [0.4, 0.5) is 0 Å². The van der Waals surface area contributed by atoms with E-state index in [4.69, 9.17) is 14.7 Å². The molecule has 0 aliphatic carbocycles. The quantitative estimate of drug-likeness (QED) is 0.238. The first-order valence-electron chi connectivity index (χ1n) is 9.85. The lowest BCUT2D eigenvalue weighted by Gasteiger charge is -2.08. The molecule has 1 heterocycles. The molecule has 0 fully saturated rings. The number of carboxylic acids is 1. The van der Waals surface area contributed by atoms with E-state index in [-0.39, 0.29) is 0 Å². The van der Waals surface area contributed by atoms with E-state index in [9.17, 15) is 4.79 Å². The van der Waals surface area contributed by atoms with Crippen LogP contribution in [0.15, 0.2) is 84.7 Å². The van der Waals surface area contributed by atoms with Crippen LogP contribution in [0.3, 0.4) is 0 Å². The molecule has 4 rings (SSSR count). The molecule has 0 atom stereocenters. The summed E-state index contributed by atoms with van der Waals surface area (Å²) >= 11 is 0. The Hall–Kier alpha value is -4.06. The minimum absolute atomic E-state index is 0.453. The number of aliphatic carboxylic acids is 1. The fraction of sp³-hybridized carbons (Fsp3) is 0.120. The van der Waals surface area contributed by atoms with Gasteiger partial charge in [0.25, 0.3) is 0 Å². The summed E-state index contributed by atoms with van der Waals surface area (Å²) in [6.45, 7) is 4.41. The molecule has 0 saturated heterocycles. The van der Waals surface area contributed by atoms with E-state index >= 15 is 0 Å². The van der Waals surface area contributed by atoms with Gasteiger partial charge in [0.1, 0.15) is 12.4 Å². The number of carbonyl (C=O) groups is 1. The summed E-state index contributed by atoms with van der Waals surface area (Å²) in [6, 6.07) is 20.4. The van der Waals surface area contributed by atoms with Gasteiger partial charge >= 0.3 is 5.97 Å². The van der Waals surface area contributed by atoms with E-state index in [1.807, 2.05) is 47.2 Å². The van der Waals surface area contributed by atoms with Gasteiger partial charge < -0.3 is 19.2 Å². The number of oxime groups is 1. The number of allylic oxidation sites excluding steroid dienone is 1. The van der Waals surface area contributed by atoms with Crippen LogP contribution >= 0.6 is 0 Å². The van der Waals surface area contributed by atoms with E-state index < -0.39 is 12.6 Å². The van der Waals surface area contributed by atoms with Crippen molar-refractivity contribution in [1.29, 1.82) is 0 Å². The zero-order valence-electron chi connectivity index (χ0n) is 16.9. The molecule has 3 aromatic carbocycles. The number of hydrogen-bond acceptors (Lipinski definition) is 4. The molecule has 31 heavy (non-hydrogen) atoms. The van der Waals surface area contributed by atoms with Crippen LogP contribution in [-0.4, -0.2) is 28.5 Å². The maximum absolute atomic E-state index is 10.6. The normalized spacial score (nSPS) is 11.2. The highest BCUT2D eigenvalue weighted by molar-refractivity contribution is 6.00. The molecule has 0 unspecified atom stereocenters. The molecule has 0 spiro atoms. The van der Waals surface area contributed by atoms with Gasteiger partial charge in [-0.15, -0.1) is 6.58 Å². The van der Waals surface area contributed by atoms with Gasteiger partial charge in [0.2, 0.25) is 6.61 Å². The first-order chi connectivity index (χ1) is 15.1. The first-order valence-corrected chi connectivity index (χ1v) is 9.85. The average molecular weight is 414 g/mol. The molecule has 0 radical (unpaired) electrons. The van der Waals surface area contributed by atoms with Crippen molar-refractivity contribution in [2.45, 2.75) is 13.2 Å². The highest BCUT2D eigenvalue weighted by atomic mass is 16.6. The third-order valence-corrected chi connectivity index (χ3v) is 4.88. The summed E-state index contributed by atoms with van der Waals surface area (Å²) in [7, 11) is 0. The largest absolute Gasteiger partial charge is 0.489 e. The Kier molecular flexibility index (Phi) is 5.98. The number of ether oxygens (including phenoxy) is 1. The number of fused-ring (bicyclic) bond motifs is 2. The van der Waals surface area contributed by atoms with Crippen LogP contribution in [0.2, 0.25) is 0 Å². The minimum atomic E-state index is -1.07. The van der Waals surface area contributed by atoms with Crippen molar-refractivity contribution in [3.63, 3.8) is 0 Å². The number of carboxylic acid groups (broad SMARTS) is 1. The van der Waals surface area contributed by atoms with Crippen molar-refractivity contribution in [3.8, 4) is 5.75 Å². The van der Waals surface area contributed by atoms with Gasteiger partial charge in [-0.3, -0.25) is 0 Å². The summed E-state index contributed by atoms with van der Waals surface area (Å²) in [6.07, 6.45) is 5.25. The van der Waals surface area contributed by atoms with E-state index in [1.54, 1.807) is 0 Å². The highest BCUT2D eigenvalue weighted by Crippen LogP contribution is 2.26. The summed E-state index contributed by atoms with van der Waals surface area (Å²) in [5.41, 5.74) is 2.89. The van der Waals surface area contributed by atoms with Crippen LogP contribution in [0.5, 0.6) is 5.75 Å². The molecule has 0 aliphatic heterocycles. The van der Waals surface area contributed by atoms with Crippen molar-refractivity contribution < 1.29 is 19.5 Å². The average Bonchev–Trinajstić information content (AvgIpc) is 3.12. The Bertz CT molecular complexity index is 1270. The molecule has 0 saturated carbocycles. The second-order valence-corrected chi connectivity index (χ2v) is 7.08. The van der Waals surface area contributed by atoms with Gasteiger partial charge in [-0.2, -0.15) is 0 Å². The molecule has 0 bridgehead atoms. The lowest BCUT2D eigenvalue weighted by atomic mass is 10.1. The molecule has 0 aliphatic rings. The second kappa shape index (κ2) is 9.17. The smallest absolute Gasteiger partial charge is 0.344 e. The van der Waals surface area contributed by atoms with Crippen LogP contribution < -0.4 is 4.74 Å². The lowest BCUT2D eigenvalue weighted by Crippen LogP contribution is -2.03. The molecular formula is C25H22N2O4. The van der Waals surface area contributed by atoms with Crippen LogP contribution in [-0.2, 0) is 22.8 Å². The third kappa shape index (κ3) is 4.75. The molecule has 4 aromatic rings. The van der Waals surface area contributed by atoms with Gasteiger partial charge in [-0.25, -0.2) is 4.79 Å². The Morgan fingerprint density at radius 3 is 2.74 bits per heavy atom. The van der Waals surface area contributed by atoms with Gasteiger partial charge in [0, 0.05) is 29.2 Å². The Morgan fingerprint density at radius 2 is 1.94 bits per heavy atom. The van der Waals surface area contributed by atoms with Crippen LogP contribution in [0.1, 0.15) is 11.1 Å². The SMILES string of the molecule is C=CCn1cc(C=NOCC(=O)O)c2cc(OCc3ccc4ccccc4c3)ccc21. The van der Waals surface area contributed by atoms with Gasteiger partial charge in [-0.1, -0.05) is 47.6 Å². The van der Waals surface area contributed by atoms with E-state index in [0.29, 0.717) is 13.2 Å². The molecular weight excluding hydrogens is 392 g/mol. The summed E-state index contributed by atoms with van der Waals surface area (Å²) in [4.78, 5) is 15.4. The van der Waals surface area contributed by atoms with Crippen LogP contribution in [0.25, 0.3) is 21.7 Å². The summed E-state index contributed by atoms with van der Waals surface area (Å²) in [5.74, 6) is -0.339.